The van der Waals surface area contributed by atoms with Gasteiger partial charge in [-0.3, -0.25) is 4.79 Å². The van der Waals surface area contributed by atoms with Crippen LogP contribution >= 0.6 is 11.3 Å². The third kappa shape index (κ3) is 3.96. The summed E-state index contributed by atoms with van der Waals surface area (Å²) in [5.41, 5.74) is 1.37. The molecule has 1 aromatic carbocycles. The molecule has 1 heterocycles. The van der Waals surface area contributed by atoms with Gasteiger partial charge in [0.15, 0.2) is 24.0 Å². The lowest BCUT2D eigenvalue weighted by Crippen LogP contribution is -2.14. The molecule has 4 nitrogen and oxygen atoms in total. The highest BCUT2D eigenvalue weighted by Crippen LogP contribution is 2.33. The van der Waals surface area contributed by atoms with E-state index in [9.17, 15) is 14.0 Å². The minimum atomic E-state index is -0.624. The molecule has 0 saturated carbocycles. The largest absolute Gasteiger partial charge is 0.494 e. The number of Topliss-reactive ketones (excluding diaryl/α,β-unsaturated/α-hetero) is 1. The second kappa shape index (κ2) is 7.99. The van der Waals surface area contributed by atoms with Crippen LogP contribution in [0.1, 0.15) is 50.2 Å². The molecule has 0 amide bonds. The molecule has 1 aromatic heterocycles. The highest BCUT2D eigenvalue weighted by Gasteiger charge is 2.23. The van der Waals surface area contributed by atoms with E-state index in [0.29, 0.717) is 10.8 Å². The van der Waals surface area contributed by atoms with Crippen LogP contribution in [0.25, 0.3) is 0 Å². The molecule has 26 heavy (non-hydrogen) atoms. The van der Waals surface area contributed by atoms with Crippen LogP contribution in [0.15, 0.2) is 24.3 Å². The standard InChI is InChI=1S/C20H21FO4S/c1-3-12-4-7-18-14(8-12)10-19(26-18)20(23)25-11-16(22)13-5-6-17(24-2)15(21)9-13/h5-6,9-10,12H,3-4,7-8,11H2,1-2H3/t12-/m0/s1. The highest BCUT2D eigenvalue weighted by molar-refractivity contribution is 7.14. The van der Waals surface area contributed by atoms with E-state index < -0.39 is 24.2 Å². The molecule has 1 atom stereocenters. The van der Waals surface area contributed by atoms with E-state index in [-0.39, 0.29) is 11.3 Å². The van der Waals surface area contributed by atoms with Crippen molar-refractivity contribution in [1.29, 1.82) is 0 Å². The number of aryl methyl sites for hydroxylation is 1. The predicted molar refractivity (Wildman–Crippen MR) is 97.7 cm³/mol. The number of rotatable bonds is 6. The second-order valence-corrected chi connectivity index (χ2v) is 7.56. The van der Waals surface area contributed by atoms with Crippen LogP contribution < -0.4 is 4.74 Å². The number of carbonyl (C=O) groups excluding carboxylic acids is 2. The summed E-state index contributed by atoms with van der Waals surface area (Å²) in [4.78, 5) is 26.2. The maximum Gasteiger partial charge on any atom is 0.348 e. The van der Waals surface area contributed by atoms with Gasteiger partial charge in [-0.05, 0) is 55.0 Å². The zero-order chi connectivity index (χ0) is 18.7. The number of carbonyl (C=O) groups is 2. The van der Waals surface area contributed by atoms with Gasteiger partial charge in [0.25, 0.3) is 0 Å². The first kappa shape index (κ1) is 18.6. The summed E-state index contributed by atoms with van der Waals surface area (Å²) in [5, 5.41) is 0. The molecule has 0 N–H and O–H groups in total. The zero-order valence-electron chi connectivity index (χ0n) is 14.8. The average Bonchev–Trinajstić information content (AvgIpc) is 3.08. The van der Waals surface area contributed by atoms with Gasteiger partial charge in [-0.25, -0.2) is 9.18 Å². The number of ether oxygens (including phenoxy) is 2. The van der Waals surface area contributed by atoms with Crippen molar-refractivity contribution in [2.24, 2.45) is 5.92 Å². The summed E-state index contributed by atoms with van der Waals surface area (Å²) < 4.78 is 23.6. The minimum Gasteiger partial charge on any atom is -0.494 e. The number of ketones is 1. The van der Waals surface area contributed by atoms with Crippen LogP contribution in [0.5, 0.6) is 5.75 Å². The van der Waals surface area contributed by atoms with Crippen LogP contribution in [-0.4, -0.2) is 25.5 Å². The fraction of sp³-hybridized carbons (Fsp3) is 0.400. The summed E-state index contributed by atoms with van der Waals surface area (Å²) in [6.07, 6.45) is 4.29. The first-order valence-corrected chi connectivity index (χ1v) is 9.49. The van der Waals surface area contributed by atoms with Crippen molar-refractivity contribution in [3.63, 3.8) is 0 Å². The third-order valence-electron chi connectivity index (χ3n) is 4.77. The molecule has 0 aliphatic heterocycles. The van der Waals surface area contributed by atoms with Crippen molar-refractivity contribution >= 4 is 23.1 Å². The maximum atomic E-state index is 13.7. The summed E-state index contributed by atoms with van der Waals surface area (Å²) >= 11 is 1.45. The van der Waals surface area contributed by atoms with Gasteiger partial charge in [-0.15, -0.1) is 11.3 Å². The number of methoxy groups -OCH3 is 1. The number of thiophene rings is 1. The molecule has 0 radical (unpaired) electrons. The SMILES string of the molecule is CC[C@H]1CCc2sc(C(=O)OCC(=O)c3ccc(OC)c(F)c3)cc2C1. The Bertz CT molecular complexity index is 827. The fourth-order valence-electron chi connectivity index (χ4n) is 3.17. The molecule has 0 unspecified atom stereocenters. The van der Waals surface area contributed by atoms with E-state index in [1.807, 2.05) is 6.07 Å². The Morgan fingerprint density at radius 2 is 2.12 bits per heavy atom. The topological polar surface area (TPSA) is 52.6 Å². The van der Waals surface area contributed by atoms with E-state index in [1.54, 1.807) is 0 Å². The van der Waals surface area contributed by atoms with Gasteiger partial charge in [0.2, 0.25) is 0 Å². The number of fused-ring (bicyclic) bond motifs is 1. The first-order valence-electron chi connectivity index (χ1n) is 8.67. The van der Waals surface area contributed by atoms with Crippen molar-refractivity contribution in [2.75, 3.05) is 13.7 Å². The van der Waals surface area contributed by atoms with Crippen LogP contribution in [0.3, 0.4) is 0 Å². The predicted octanol–water partition coefficient (Wildman–Crippen LogP) is 4.45. The molecule has 3 rings (SSSR count). The number of hydrogen-bond acceptors (Lipinski definition) is 5. The van der Waals surface area contributed by atoms with Crippen molar-refractivity contribution in [1.82, 2.24) is 0 Å². The Kier molecular flexibility index (Phi) is 5.71. The van der Waals surface area contributed by atoms with Crippen LogP contribution in [0.4, 0.5) is 4.39 Å². The lowest BCUT2D eigenvalue weighted by molar-refractivity contribution is 0.0479. The maximum absolute atomic E-state index is 13.7. The quantitative estimate of drug-likeness (QED) is 0.552. The molecule has 1 aliphatic carbocycles. The summed E-state index contributed by atoms with van der Waals surface area (Å²) in [6, 6.07) is 5.81. The Labute approximate surface area is 155 Å². The minimum absolute atomic E-state index is 0.0631. The molecule has 138 valence electrons. The van der Waals surface area contributed by atoms with E-state index in [4.69, 9.17) is 9.47 Å². The van der Waals surface area contributed by atoms with Gasteiger partial charge >= 0.3 is 5.97 Å². The molecule has 0 fully saturated rings. The Morgan fingerprint density at radius 1 is 1.31 bits per heavy atom. The van der Waals surface area contributed by atoms with Crippen LogP contribution in [0.2, 0.25) is 0 Å². The molecule has 0 bridgehead atoms. The monoisotopic (exact) mass is 376 g/mol. The van der Waals surface area contributed by atoms with E-state index in [2.05, 4.69) is 6.92 Å². The molecular weight excluding hydrogens is 355 g/mol. The Morgan fingerprint density at radius 3 is 2.81 bits per heavy atom. The zero-order valence-corrected chi connectivity index (χ0v) is 15.7. The average molecular weight is 376 g/mol. The van der Waals surface area contributed by atoms with Crippen molar-refractivity contribution in [2.45, 2.75) is 32.6 Å². The van der Waals surface area contributed by atoms with Crippen LogP contribution in [0, 0.1) is 11.7 Å². The fourth-order valence-corrected chi connectivity index (χ4v) is 4.28. The smallest absolute Gasteiger partial charge is 0.348 e. The van der Waals surface area contributed by atoms with Gasteiger partial charge in [-0.1, -0.05) is 13.3 Å². The summed E-state index contributed by atoms with van der Waals surface area (Å²) in [6.45, 7) is 1.77. The first-order chi connectivity index (χ1) is 12.5. The van der Waals surface area contributed by atoms with Gasteiger partial charge in [0.1, 0.15) is 4.88 Å². The molecule has 1 aliphatic rings. The van der Waals surface area contributed by atoms with E-state index in [1.165, 1.54) is 41.0 Å². The third-order valence-corrected chi connectivity index (χ3v) is 5.99. The summed E-state index contributed by atoms with van der Waals surface area (Å²) in [5.74, 6) is -0.839. The van der Waals surface area contributed by atoms with Gasteiger partial charge in [-0.2, -0.15) is 0 Å². The Hall–Kier alpha value is -2.21. The molecule has 0 spiro atoms. The van der Waals surface area contributed by atoms with Gasteiger partial charge < -0.3 is 9.47 Å². The lowest BCUT2D eigenvalue weighted by atomic mass is 9.87. The molecule has 2 aromatic rings. The van der Waals surface area contributed by atoms with Gasteiger partial charge in [0, 0.05) is 10.4 Å². The van der Waals surface area contributed by atoms with Crippen molar-refractivity contribution in [3.05, 3.63) is 51.0 Å². The summed E-state index contributed by atoms with van der Waals surface area (Å²) in [7, 11) is 1.35. The normalized spacial score (nSPS) is 16.0. The van der Waals surface area contributed by atoms with Crippen LogP contribution in [-0.2, 0) is 17.6 Å². The van der Waals surface area contributed by atoms with E-state index in [0.717, 1.165) is 31.7 Å². The second-order valence-electron chi connectivity index (χ2n) is 6.42. The molecule has 6 heteroatoms. The number of hydrogen-bond donors (Lipinski definition) is 0. The van der Waals surface area contributed by atoms with Crippen molar-refractivity contribution < 1.29 is 23.5 Å². The Balaban J connectivity index is 1.61. The molecular formula is C20H21FO4S. The number of esters is 1. The van der Waals surface area contributed by atoms with E-state index >= 15 is 0 Å². The lowest BCUT2D eigenvalue weighted by Gasteiger charge is -2.19. The number of halogens is 1. The number of benzene rings is 1. The van der Waals surface area contributed by atoms with Crippen molar-refractivity contribution in [3.8, 4) is 5.75 Å². The molecule has 0 saturated heterocycles. The van der Waals surface area contributed by atoms with Gasteiger partial charge in [0.05, 0.1) is 7.11 Å². The highest BCUT2D eigenvalue weighted by atomic mass is 32.1.